The van der Waals surface area contributed by atoms with Crippen molar-refractivity contribution in [2.24, 2.45) is 10.7 Å². The fourth-order valence-corrected chi connectivity index (χ4v) is 2.02. The maximum absolute atomic E-state index is 12.2. The van der Waals surface area contributed by atoms with Crippen molar-refractivity contribution in [3.05, 3.63) is 53.7 Å². The Kier molecular flexibility index (Phi) is 7.13. The molecule has 0 unspecified atom stereocenters. The molecule has 0 radical (unpaired) electrons. The Balaban J connectivity index is 1.84. The molecule has 0 saturated heterocycles. The fourth-order valence-electron chi connectivity index (χ4n) is 2.02. The summed E-state index contributed by atoms with van der Waals surface area (Å²) in [6, 6.07) is 8.02. The predicted molar refractivity (Wildman–Crippen MR) is 91.1 cm³/mol. The molecule has 0 fully saturated rings. The molecule has 2 rings (SSSR count). The quantitative estimate of drug-likeness (QED) is 0.405. The molecule has 0 spiro atoms. The highest BCUT2D eigenvalue weighted by molar-refractivity contribution is 5.77. The van der Waals surface area contributed by atoms with Crippen LogP contribution in [0.15, 0.2) is 47.6 Å². The molecule has 1 aromatic carbocycles. The van der Waals surface area contributed by atoms with Crippen LogP contribution in [0, 0.1) is 0 Å². The standard InChI is InChI=1S/C17H16F6N4O2/c18-16(19,20)10-28-14-7-12(5-6-25-14)9-27-15(24)26-8-11-1-3-13(4-2-11)29-17(21,22)23/h1-7H,8-10H2,(H3,24,26,27). The molecule has 158 valence electrons. The minimum Gasteiger partial charge on any atom is -0.468 e. The van der Waals surface area contributed by atoms with Gasteiger partial charge in [0.25, 0.3) is 0 Å². The first kappa shape index (κ1) is 22.1. The highest BCUT2D eigenvalue weighted by Gasteiger charge is 2.31. The van der Waals surface area contributed by atoms with Gasteiger partial charge in [0, 0.05) is 18.8 Å². The molecule has 2 aromatic rings. The van der Waals surface area contributed by atoms with Crippen LogP contribution >= 0.6 is 0 Å². The molecule has 0 amide bonds. The van der Waals surface area contributed by atoms with Gasteiger partial charge in [-0.15, -0.1) is 13.2 Å². The van der Waals surface area contributed by atoms with E-state index < -0.39 is 19.1 Å². The van der Waals surface area contributed by atoms with Gasteiger partial charge >= 0.3 is 12.5 Å². The summed E-state index contributed by atoms with van der Waals surface area (Å²) >= 11 is 0. The molecule has 12 heteroatoms. The summed E-state index contributed by atoms with van der Waals surface area (Å²) in [5.74, 6) is -0.498. The van der Waals surface area contributed by atoms with Crippen molar-refractivity contribution in [2.75, 3.05) is 6.61 Å². The predicted octanol–water partition coefficient (Wildman–Crippen LogP) is 3.53. The number of halogens is 6. The van der Waals surface area contributed by atoms with Gasteiger partial charge in [0.1, 0.15) is 5.75 Å². The third-order valence-corrected chi connectivity index (χ3v) is 3.25. The van der Waals surface area contributed by atoms with Crippen LogP contribution in [0.4, 0.5) is 26.3 Å². The van der Waals surface area contributed by atoms with E-state index in [4.69, 9.17) is 5.73 Å². The second kappa shape index (κ2) is 9.34. The molecular formula is C17H16F6N4O2. The van der Waals surface area contributed by atoms with Gasteiger partial charge in [0.05, 0.1) is 6.54 Å². The van der Waals surface area contributed by atoms with E-state index in [1.54, 1.807) is 0 Å². The van der Waals surface area contributed by atoms with Crippen LogP contribution in [0.25, 0.3) is 0 Å². The first-order valence-electron chi connectivity index (χ1n) is 8.03. The van der Waals surface area contributed by atoms with Gasteiger partial charge in [0.15, 0.2) is 12.6 Å². The minimum atomic E-state index is -4.76. The number of hydrogen-bond acceptors (Lipinski definition) is 4. The Labute approximate surface area is 161 Å². The van der Waals surface area contributed by atoms with Crippen molar-refractivity contribution in [2.45, 2.75) is 25.6 Å². The summed E-state index contributed by atoms with van der Waals surface area (Å²) in [7, 11) is 0. The lowest BCUT2D eigenvalue weighted by atomic mass is 10.2. The summed E-state index contributed by atoms with van der Waals surface area (Å²) < 4.78 is 81.1. The topological polar surface area (TPSA) is 81.8 Å². The Hall–Kier alpha value is -3.18. The van der Waals surface area contributed by atoms with Crippen LogP contribution in [-0.4, -0.2) is 30.1 Å². The smallest absolute Gasteiger partial charge is 0.468 e. The van der Waals surface area contributed by atoms with Crippen LogP contribution in [0.5, 0.6) is 11.6 Å². The van der Waals surface area contributed by atoms with Crippen molar-refractivity contribution in [1.29, 1.82) is 0 Å². The Morgan fingerprint density at radius 1 is 1.03 bits per heavy atom. The number of aliphatic imine (C=N–C) groups is 1. The summed E-state index contributed by atoms with van der Waals surface area (Å²) in [6.07, 6.45) is -7.95. The van der Waals surface area contributed by atoms with Crippen molar-refractivity contribution in [3.8, 4) is 11.6 Å². The minimum absolute atomic E-state index is 0.0372. The molecule has 1 aromatic heterocycles. The lowest BCUT2D eigenvalue weighted by Gasteiger charge is -2.10. The van der Waals surface area contributed by atoms with E-state index >= 15 is 0 Å². The fraction of sp³-hybridized carbons (Fsp3) is 0.294. The van der Waals surface area contributed by atoms with Crippen molar-refractivity contribution < 1.29 is 35.8 Å². The zero-order valence-electron chi connectivity index (χ0n) is 14.7. The number of nitrogens with two attached hydrogens (primary N) is 1. The van der Waals surface area contributed by atoms with Crippen LogP contribution < -0.4 is 20.5 Å². The maximum Gasteiger partial charge on any atom is 0.573 e. The summed E-state index contributed by atoms with van der Waals surface area (Å²) in [4.78, 5) is 7.71. The first-order chi connectivity index (χ1) is 13.5. The monoisotopic (exact) mass is 422 g/mol. The average molecular weight is 422 g/mol. The number of guanidine groups is 1. The number of hydrogen-bond donors (Lipinski definition) is 2. The number of benzene rings is 1. The molecule has 0 bridgehead atoms. The number of rotatable bonds is 7. The largest absolute Gasteiger partial charge is 0.573 e. The van der Waals surface area contributed by atoms with E-state index in [-0.39, 0.29) is 30.7 Å². The molecule has 29 heavy (non-hydrogen) atoms. The van der Waals surface area contributed by atoms with Crippen molar-refractivity contribution >= 4 is 5.96 Å². The van der Waals surface area contributed by atoms with Gasteiger partial charge in [0.2, 0.25) is 5.88 Å². The molecule has 0 saturated carbocycles. The summed E-state index contributed by atoms with van der Waals surface area (Å²) in [5, 5.41) is 2.77. The first-order valence-corrected chi connectivity index (χ1v) is 8.03. The van der Waals surface area contributed by atoms with Crippen molar-refractivity contribution in [1.82, 2.24) is 10.3 Å². The molecule has 3 N–H and O–H groups in total. The Morgan fingerprint density at radius 2 is 1.72 bits per heavy atom. The zero-order chi connectivity index (χ0) is 21.5. The van der Waals surface area contributed by atoms with Crippen LogP contribution in [-0.2, 0) is 13.1 Å². The van der Waals surface area contributed by atoms with Gasteiger partial charge in [-0.25, -0.2) is 9.98 Å². The molecule has 0 atom stereocenters. The van der Waals surface area contributed by atoms with E-state index in [2.05, 4.69) is 24.8 Å². The van der Waals surface area contributed by atoms with Crippen molar-refractivity contribution in [3.63, 3.8) is 0 Å². The normalized spacial score (nSPS) is 12.6. The molecule has 0 aliphatic carbocycles. The van der Waals surface area contributed by atoms with E-state index in [0.717, 1.165) is 12.1 Å². The van der Waals surface area contributed by atoms with Crippen LogP contribution in [0.1, 0.15) is 11.1 Å². The highest BCUT2D eigenvalue weighted by Crippen LogP contribution is 2.22. The van der Waals surface area contributed by atoms with Gasteiger partial charge < -0.3 is 20.5 Å². The molecule has 0 aliphatic heterocycles. The van der Waals surface area contributed by atoms with E-state index in [1.165, 1.54) is 30.5 Å². The average Bonchev–Trinajstić information content (AvgIpc) is 2.63. The zero-order valence-corrected chi connectivity index (χ0v) is 14.7. The maximum atomic E-state index is 12.2. The highest BCUT2D eigenvalue weighted by atomic mass is 19.4. The second-order valence-electron chi connectivity index (χ2n) is 5.65. The number of ether oxygens (including phenoxy) is 2. The summed E-state index contributed by atoms with van der Waals surface area (Å²) in [5.41, 5.74) is 6.86. The van der Waals surface area contributed by atoms with E-state index in [0.29, 0.717) is 11.1 Å². The third kappa shape index (κ3) is 9.04. The van der Waals surface area contributed by atoms with E-state index in [9.17, 15) is 26.3 Å². The molecule has 1 heterocycles. The lowest BCUT2D eigenvalue weighted by Crippen LogP contribution is -2.31. The molecular weight excluding hydrogens is 406 g/mol. The van der Waals surface area contributed by atoms with Gasteiger partial charge in [-0.2, -0.15) is 13.2 Å². The lowest BCUT2D eigenvalue weighted by molar-refractivity contribution is -0.274. The molecule has 6 nitrogen and oxygen atoms in total. The van der Waals surface area contributed by atoms with Crippen LogP contribution in [0.2, 0.25) is 0 Å². The Bertz CT molecular complexity index is 822. The number of alkyl halides is 6. The Morgan fingerprint density at radius 3 is 2.34 bits per heavy atom. The van der Waals surface area contributed by atoms with E-state index in [1.807, 2.05) is 0 Å². The third-order valence-electron chi connectivity index (χ3n) is 3.25. The number of nitrogens with zero attached hydrogens (tertiary/aromatic N) is 2. The summed E-state index contributed by atoms with van der Waals surface area (Å²) in [6.45, 7) is -1.21. The van der Waals surface area contributed by atoms with Gasteiger partial charge in [-0.05, 0) is 29.3 Å². The molecule has 0 aliphatic rings. The number of nitrogens with one attached hydrogen (secondary N) is 1. The van der Waals surface area contributed by atoms with Crippen LogP contribution in [0.3, 0.4) is 0 Å². The SMILES string of the molecule is NC(=NCc1ccnc(OCC(F)(F)F)c1)NCc1ccc(OC(F)(F)F)cc1. The van der Waals surface area contributed by atoms with Gasteiger partial charge in [-0.3, -0.25) is 0 Å². The second-order valence-corrected chi connectivity index (χ2v) is 5.65. The number of aromatic nitrogens is 1. The number of pyridine rings is 1. The van der Waals surface area contributed by atoms with Gasteiger partial charge in [-0.1, -0.05) is 12.1 Å².